The lowest BCUT2D eigenvalue weighted by Gasteiger charge is -2.31. The molecule has 16 heavy (non-hydrogen) atoms. The van der Waals surface area contributed by atoms with Gasteiger partial charge in [0.05, 0.1) is 13.2 Å². The van der Waals surface area contributed by atoms with Gasteiger partial charge in [-0.1, -0.05) is 13.3 Å². The molecule has 0 radical (unpaired) electrons. The second-order valence-corrected chi connectivity index (χ2v) is 4.15. The van der Waals surface area contributed by atoms with Crippen molar-refractivity contribution in [3.8, 4) is 0 Å². The van der Waals surface area contributed by atoms with Crippen LogP contribution >= 0.6 is 0 Å². The number of urea groups is 1. The largest absolute Gasteiger partial charge is 0.420 e. The maximum atomic E-state index is 11.4. The molecule has 1 aliphatic heterocycles. The molecule has 0 spiro atoms. The van der Waals surface area contributed by atoms with Crippen LogP contribution in [0.15, 0.2) is 12.4 Å². The lowest BCUT2D eigenvalue weighted by Crippen LogP contribution is -2.62. The Balaban J connectivity index is 2.89. The van der Waals surface area contributed by atoms with Gasteiger partial charge in [0, 0.05) is 6.54 Å². The average Bonchev–Trinajstić information content (AvgIpc) is 2.54. The Hall–Kier alpha value is -1.56. The minimum Gasteiger partial charge on any atom is -0.363 e. The number of rotatable bonds is 4. The molecule has 0 aliphatic carbocycles. The minimum absolute atomic E-state index is 0.279. The summed E-state index contributed by atoms with van der Waals surface area (Å²) in [5.74, 6) is -0.539. The number of quaternary nitrogens is 1. The van der Waals surface area contributed by atoms with Crippen LogP contribution in [0.25, 0.3) is 0 Å². The SMILES string of the molecule is CCCCN1C=C[N+](C)(C(N)=O)C1C(N)=O. The van der Waals surface area contributed by atoms with Crippen molar-refractivity contribution in [3.63, 3.8) is 0 Å². The van der Waals surface area contributed by atoms with Crippen LogP contribution < -0.4 is 11.5 Å². The van der Waals surface area contributed by atoms with Gasteiger partial charge in [-0.2, -0.15) is 4.48 Å². The molecule has 0 saturated heterocycles. The molecular formula is C10H19N4O2+. The number of nitrogens with zero attached hydrogens (tertiary/aromatic N) is 2. The van der Waals surface area contributed by atoms with E-state index < -0.39 is 18.1 Å². The molecular weight excluding hydrogens is 208 g/mol. The Labute approximate surface area is 95.1 Å². The Morgan fingerprint density at radius 1 is 1.44 bits per heavy atom. The zero-order valence-corrected chi connectivity index (χ0v) is 9.72. The number of carbonyl (C=O) groups excluding carboxylic acids is 2. The highest BCUT2D eigenvalue weighted by Crippen LogP contribution is 2.23. The quantitative estimate of drug-likeness (QED) is 0.658. The molecule has 6 nitrogen and oxygen atoms in total. The Kier molecular flexibility index (Phi) is 3.54. The van der Waals surface area contributed by atoms with E-state index >= 15 is 0 Å². The number of unbranched alkanes of at least 4 members (excludes halogenated alkanes) is 1. The van der Waals surface area contributed by atoms with E-state index in [2.05, 4.69) is 6.92 Å². The van der Waals surface area contributed by atoms with E-state index in [4.69, 9.17) is 11.5 Å². The zero-order chi connectivity index (χ0) is 12.3. The molecule has 0 aromatic carbocycles. The molecule has 0 saturated carbocycles. The van der Waals surface area contributed by atoms with Gasteiger partial charge in [0.25, 0.3) is 12.1 Å². The van der Waals surface area contributed by atoms with Gasteiger partial charge < -0.3 is 16.4 Å². The van der Waals surface area contributed by atoms with E-state index in [1.54, 1.807) is 24.3 Å². The van der Waals surface area contributed by atoms with Gasteiger partial charge in [-0.3, -0.25) is 4.79 Å². The molecule has 1 rings (SSSR count). The molecule has 0 aromatic heterocycles. The molecule has 90 valence electrons. The van der Waals surface area contributed by atoms with Gasteiger partial charge in [-0.05, 0) is 6.42 Å². The summed E-state index contributed by atoms with van der Waals surface area (Å²) in [6, 6.07) is -0.584. The summed E-state index contributed by atoms with van der Waals surface area (Å²) in [7, 11) is 1.58. The van der Waals surface area contributed by atoms with Crippen LogP contribution in [0.3, 0.4) is 0 Å². The van der Waals surface area contributed by atoms with E-state index in [9.17, 15) is 9.59 Å². The summed E-state index contributed by atoms with van der Waals surface area (Å²) >= 11 is 0. The van der Waals surface area contributed by atoms with E-state index in [-0.39, 0.29) is 4.48 Å². The molecule has 1 aliphatic rings. The summed E-state index contributed by atoms with van der Waals surface area (Å²) < 4.78 is -0.279. The first kappa shape index (κ1) is 12.5. The van der Waals surface area contributed by atoms with Crippen molar-refractivity contribution in [3.05, 3.63) is 12.4 Å². The van der Waals surface area contributed by atoms with E-state index in [1.165, 1.54) is 0 Å². The Bertz CT molecular complexity index is 329. The van der Waals surface area contributed by atoms with Crippen LogP contribution in [-0.4, -0.2) is 41.1 Å². The first-order valence-electron chi connectivity index (χ1n) is 5.33. The van der Waals surface area contributed by atoms with Gasteiger partial charge in [0.1, 0.15) is 6.20 Å². The predicted molar refractivity (Wildman–Crippen MR) is 59.5 cm³/mol. The van der Waals surface area contributed by atoms with Crippen molar-refractivity contribution in [2.24, 2.45) is 11.5 Å². The summed E-state index contributed by atoms with van der Waals surface area (Å²) in [6.07, 6.45) is 4.55. The van der Waals surface area contributed by atoms with Gasteiger partial charge in [0.15, 0.2) is 0 Å². The van der Waals surface area contributed by atoms with E-state index in [0.717, 1.165) is 12.8 Å². The number of nitrogens with two attached hydrogens (primary N) is 2. The minimum atomic E-state index is -0.718. The van der Waals surface area contributed by atoms with Crippen LogP contribution in [-0.2, 0) is 4.79 Å². The van der Waals surface area contributed by atoms with Crippen molar-refractivity contribution < 1.29 is 14.1 Å². The highest BCUT2D eigenvalue weighted by molar-refractivity contribution is 5.81. The smallest absolute Gasteiger partial charge is 0.363 e. The van der Waals surface area contributed by atoms with Crippen molar-refractivity contribution in [1.29, 1.82) is 0 Å². The number of likely N-dealkylation sites (N-methyl/N-ethyl adjacent to an activating group) is 1. The third-order valence-electron chi connectivity index (χ3n) is 2.89. The van der Waals surface area contributed by atoms with Crippen molar-refractivity contribution in [2.75, 3.05) is 13.6 Å². The standard InChI is InChI=1S/C10H18N4O2/c1-3-4-5-13-6-7-14(2,10(12)16)9(13)8(11)15/h6-7,9H,3-5H2,1-2H3,(H3-,11,12,15,16)/p+1. The maximum Gasteiger partial charge on any atom is 0.420 e. The van der Waals surface area contributed by atoms with Crippen molar-refractivity contribution in [2.45, 2.75) is 25.9 Å². The normalized spacial score (nSPS) is 28.4. The number of primary amides is 2. The highest BCUT2D eigenvalue weighted by Gasteiger charge is 2.48. The number of hydrogen-bond donors (Lipinski definition) is 2. The Morgan fingerprint density at radius 2 is 2.06 bits per heavy atom. The monoisotopic (exact) mass is 227 g/mol. The highest BCUT2D eigenvalue weighted by atomic mass is 16.2. The first-order valence-corrected chi connectivity index (χ1v) is 5.33. The first-order chi connectivity index (χ1) is 7.43. The molecule has 0 fully saturated rings. The molecule has 2 atom stereocenters. The third kappa shape index (κ3) is 2.01. The zero-order valence-electron chi connectivity index (χ0n) is 9.72. The topological polar surface area (TPSA) is 89.4 Å². The maximum absolute atomic E-state index is 11.4. The van der Waals surface area contributed by atoms with Crippen LogP contribution in [0, 0.1) is 0 Å². The molecule has 1 heterocycles. The molecule has 3 amide bonds. The second kappa shape index (κ2) is 4.52. The molecule has 0 bridgehead atoms. The summed E-state index contributed by atoms with van der Waals surface area (Å²) in [5.41, 5.74) is 10.6. The molecule has 2 unspecified atom stereocenters. The number of carbonyl (C=O) groups is 2. The molecule has 6 heteroatoms. The summed E-state index contributed by atoms with van der Waals surface area (Å²) in [5, 5.41) is 0. The number of amides is 3. The van der Waals surface area contributed by atoms with Crippen LogP contribution in [0.2, 0.25) is 0 Å². The fourth-order valence-corrected chi connectivity index (χ4v) is 1.85. The summed E-state index contributed by atoms with van der Waals surface area (Å²) in [6.45, 7) is 2.75. The fourth-order valence-electron chi connectivity index (χ4n) is 1.85. The fraction of sp³-hybridized carbons (Fsp3) is 0.600. The van der Waals surface area contributed by atoms with Gasteiger partial charge in [-0.25, -0.2) is 4.79 Å². The third-order valence-corrected chi connectivity index (χ3v) is 2.89. The van der Waals surface area contributed by atoms with E-state index in [0.29, 0.717) is 6.54 Å². The Morgan fingerprint density at radius 3 is 2.50 bits per heavy atom. The summed E-state index contributed by atoms with van der Waals surface area (Å²) in [4.78, 5) is 24.6. The van der Waals surface area contributed by atoms with Crippen LogP contribution in [0.5, 0.6) is 0 Å². The van der Waals surface area contributed by atoms with Gasteiger partial charge in [0.2, 0.25) is 0 Å². The van der Waals surface area contributed by atoms with Crippen LogP contribution in [0.4, 0.5) is 4.79 Å². The van der Waals surface area contributed by atoms with Crippen molar-refractivity contribution in [1.82, 2.24) is 4.90 Å². The number of hydrogen-bond acceptors (Lipinski definition) is 3. The molecule has 4 N–H and O–H groups in total. The van der Waals surface area contributed by atoms with E-state index in [1.807, 2.05) is 0 Å². The lowest BCUT2D eigenvalue weighted by molar-refractivity contribution is -0.796. The van der Waals surface area contributed by atoms with Crippen LogP contribution in [0.1, 0.15) is 19.8 Å². The second-order valence-electron chi connectivity index (χ2n) is 4.15. The molecule has 0 aromatic rings. The lowest BCUT2D eigenvalue weighted by atomic mass is 10.3. The average molecular weight is 227 g/mol. The van der Waals surface area contributed by atoms with Crippen molar-refractivity contribution >= 4 is 11.9 Å². The predicted octanol–water partition coefficient (Wildman–Crippen LogP) is -0.0900. The van der Waals surface area contributed by atoms with Gasteiger partial charge in [-0.15, -0.1) is 0 Å². The van der Waals surface area contributed by atoms with Gasteiger partial charge >= 0.3 is 6.03 Å².